The van der Waals surface area contributed by atoms with Crippen LogP contribution in [0.15, 0.2) is 24.3 Å². The molecule has 1 rings (SSSR count). The van der Waals surface area contributed by atoms with Crippen LogP contribution in [0.5, 0.6) is 0 Å². The molecule has 1 N–H and O–H groups in total. The molecular weight excluding hydrogens is 373 g/mol. The summed E-state index contributed by atoms with van der Waals surface area (Å²) < 4.78 is 9.63. The molecule has 2 unspecified atom stereocenters. The number of carbonyl (C=O) groups excluding carboxylic acids is 3. The quantitative estimate of drug-likeness (QED) is 0.334. The maximum atomic E-state index is 11.8. The van der Waals surface area contributed by atoms with Crippen molar-refractivity contribution < 1.29 is 58.5 Å². The van der Waals surface area contributed by atoms with Gasteiger partial charge >= 0.3 is 41.6 Å². The number of esters is 1. The molecule has 1 aromatic rings. The number of ether oxygens (including phenoxy) is 2. The van der Waals surface area contributed by atoms with Crippen molar-refractivity contribution in [1.82, 2.24) is 5.32 Å². The van der Waals surface area contributed by atoms with E-state index in [9.17, 15) is 19.5 Å². The van der Waals surface area contributed by atoms with Crippen LogP contribution in [-0.4, -0.2) is 24.8 Å². The second-order valence-corrected chi connectivity index (χ2v) is 5.92. The van der Waals surface area contributed by atoms with Crippen LogP contribution in [0.25, 0.3) is 0 Å². The monoisotopic (exact) mass is 393 g/mol. The number of carbonyl (C=O) groups is 3. The van der Waals surface area contributed by atoms with Crippen LogP contribution in [0.3, 0.4) is 0 Å². The van der Waals surface area contributed by atoms with Gasteiger partial charge in [0.1, 0.15) is 0 Å². The van der Waals surface area contributed by atoms with Crippen molar-refractivity contribution in [3.63, 3.8) is 0 Å². The van der Waals surface area contributed by atoms with Crippen LogP contribution in [0, 0.1) is 5.92 Å². The minimum absolute atomic E-state index is 0. The zero-order chi connectivity index (χ0) is 18.8. The van der Waals surface area contributed by atoms with E-state index < -0.39 is 30.9 Å². The Morgan fingerprint density at radius 3 is 2.35 bits per heavy atom. The normalized spacial score (nSPS) is 12.3. The summed E-state index contributed by atoms with van der Waals surface area (Å²) in [7, 11) is 0. The molecule has 2 atom stereocenters. The SMILES string of the molecule is CCC(C)C(=O)OCOC(=O)NC(CCC(=O)[O-])c1ccc(Cl)cc1.[Na+]. The van der Waals surface area contributed by atoms with Gasteiger partial charge in [-0.1, -0.05) is 37.6 Å². The molecule has 1 aromatic carbocycles. The van der Waals surface area contributed by atoms with Gasteiger partial charge in [0.25, 0.3) is 0 Å². The fourth-order valence-corrected chi connectivity index (χ4v) is 2.04. The number of alkyl carbamates (subject to hydrolysis) is 1. The molecule has 26 heavy (non-hydrogen) atoms. The summed E-state index contributed by atoms with van der Waals surface area (Å²) in [5.74, 6) is -1.96. The number of hydrogen-bond acceptors (Lipinski definition) is 6. The van der Waals surface area contributed by atoms with Crippen LogP contribution in [0.2, 0.25) is 5.02 Å². The van der Waals surface area contributed by atoms with Gasteiger partial charge in [0.15, 0.2) is 0 Å². The van der Waals surface area contributed by atoms with E-state index in [4.69, 9.17) is 21.1 Å². The van der Waals surface area contributed by atoms with E-state index in [0.717, 1.165) is 0 Å². The average molecular weight is 394 g/mol. The van der Waals surface area contributed by atoms with Crippen LogP contribution >= 0.6 is 11.6 Å². The van der Waals surface area contributed by atoms with Crippen LogP contribution in [-0.2, 0) is 19.1 Å². The smallest absolute Gasteiger partial charge is 0.550 e. The standard InChI is InChI=1S/C17H22ClNO6.Na/c1-3-11(2)16(22)24-10-25-17(23)19-14(8-9-15(20)21)12-4-6-13(18)7-5-12;/h4-7,11,14H,3,8-10H2,1-2H3,(H,19,23)(H,20,21);/q;+1/p-1. The molecule has 0 aliphatic rings. The molecule has 138 valence electrons. The Morgan fingerprint density at radius 1 is 1.19 bits per heavy atom. The predicted octanol–water partition coefficient (Wildman–Crippen LogP) is -0.812. The molecule has 0 bridgehead atoms. The molecule has 0 saturated heterocycles. The zero-order valence-electron chi connectivity index (χ0n) is 15.1. The first-order valence-corrected chi connectivity index (χ1v) is 8.26. The molecule has 9 heteroatoms. The van der Waals surface area contributed by atoms with Crippen molar-refractivity contribution in [3.8, 4) is 0 Å². The summed E-state index contributed by atoms with van der Waals surface area (Å²) >= 11 is 5.82. The maximum Gasteiger partial charge on any atom is 1.00 e. The summed E-state index contributed by atoms with van der Waals surface area (Å²) in [5, 5.41) is 13.7. The molecule has 0 saturated carbocycles. The van der Waals surface area contributed by atoms with Crippen LogP contribution in [0.1, 0.15) is 44.7 Å². The van der Waals surface area contributed by atoms with E-state index in [2.05, 4.69) is 5.32 Å². The van der Waals surface area contributed by atoms with Gasteiger partial charge in [-0.05, 0) is 37.0 Å². The molecule has 0 radical (unpaired) electrons. The number of aliphatic carboxylic acids is 1. The summed E-state index contributed by atoms with van der Waals surface area (Å²) in [5.41, 5.74) is 0.666. The summed E-state index contributed by atoms with van der Waals surface area (Å²) in [6, 6.07) is 6.00. The Morgan fingerprint density at radius 2 is 1.81 bits per heavy atom. The van der Waals surface area contributed by atoms with Gasteiger partial charge in [0.2, 0.25) is 6.79 Å². The minimum atomic E-state index is -1.23. The third kappa shape index (κ3) is 9.43. The van der Waals surface area contributed by atoms with Gasteiger partial charge in [-0.25, -0.2) is 4.79 Å². The Labute approximate surface area is 179 Å². The van der Waals surface area contributed by atoms with E-state index in [1.807, 2.05) is 6.92 Å². The second kappa shape index (κ2) is 13.0. The Hall–Kier alpha value is -1.28. The number of benzene rings is 1. The fraction of sp³-hybridized carbons (Fsp3) is 0.471. The Balaban J connectivity index is 0.00000625. The molecule has 0 spiro atoms. The molecule has 0 aliphatic heterocycles. The van der Waals surface area contributed by atoms with Crippen molar-refractivity contribution in [2.45, 2.75) is 39.2 Å². The molecule has 0 fully saturated rings. The van der Waals surface area contributed by atoms with E-state index in [0.29, 0.717) is 17.0 Å². The first kappa shape index (κ1) is 24.7. The topological polar surface area (TPSA) is 105 Å². The van der Waals surface area contributed by atoms with Crippen molar-refractivity contribution in [1.29, 1.82) is 0 Å². The third-order valence-corrected chi connectivity index (χ3v) is 3.86. The first-order chi connectivity index (χ1) is 11.8. The summed E-state index contributed by atoms with van der Waals surface area (Å²) in [6.07, 6.45) is -0.329. The molecule has 1 amide bonds. The number of carboxylic acid groups (broad SMARTS) is 1. The van der Waals surface area contributed by atoms with Crippen molar-refractivity contribution in [2.75, 3.05) is 6.79 Å². The number of amides is 1. The van der Waals surface area contributed by atoms with E-state index >= 15 is 0 Å². The van der Waals surface area contributed by atoms with Gasteiger partial charge < -0.3 is 24.7 Å². The van der Waals surface area contributed by atoms with Crippen LogP contribution in [0.4, 0.5) is 4.79 Å². The molecule has 7 nitrogen and oxygen atoms in total. The number of hydrogen-bond donors (Lipinski definition) is 1. The predicted molar refractivity (Wildman–Crippen MR) is 88.5 cm³/mol. The van der Waals surface area contributed by atoms with Gasteiger partial charge in [-0.15, -0.1) is 0 Å². The Bertz CT molecular complexity index is 595. The first-order valence-electron chi connectivity index (χ1n) is 7.88. The van der Waals surface area contributed by atoms with Crippen molar-refractivity contribution in [3.05, 3.63) is 34.9 Å². The second-order valence-electron chi connectivity index (χ2n) is 5.48. The number of rotatable bonds is 9. The largest absolute Gasteiger partial charge is 1.00 e. The van der Waals surface area contributed by atoms with Crippen LogP contribution < -0.4 is 40.0 Å². The number of halogens is 1. The van der Waals surface area contributed by atoms with Crippen molar-refractivity contribution in [2.24, 2.45) is 5.92 Å². The number of carboxylic acids is 1. The van der Waals surface area contributed by atoms with Crippen molar-refractivity contribution >= 4 is 29.6 Å². The summed E-state index contributed by atoms with van der Waals surface area (Å²) in [6.45, 7) is 3.04. The van der Waals surface area contributed by atoms with Gasteiger partial charge in [0.05, 0.1) is 12.0 Å². The fourth-order valence-electron chi connectivity index (χ4n) is 1.91. The van der Waals surface area contributed by atoms with E-state index in [-0.39, 0.29) is 48.3 Å². The van der Waals surface area contributed by atoms with Gasteiger partial charge in [-0.2, -0.15) is 0 Å². The molecule has 0 aliphatic carbocycles. The Kier molecular flexibility index (Phi) is 12.3. The molecule has 0 aromatic heterocycles. The summed E-state index contributed by atoms with van der Waals surface area (Å²) in [4.78, 5) is 34.0. The van der Waals surface area contributed by atoms with E-state index in [1.54, 1.807) is 31.2 Å². The third-order valence-electron chi connectivity index (χ3n) is 3.61. The van der Waals surface area contributed by atoms with Gasteiger partial charge in [-0.3, -0.25) is 4.79 Å². The average Bonchev–Trinajstić information content (AvgIpc) is 2.58. The molecular formula is C17H21ClNNaO6. The molecule has 0 heterocycles. The van der Waals surface area contributed by atoms with Gasteiger partial charge in [0, 0.05) is 11.0 Å². The number of nitrogens with one attached hydrogen (secondary N) is 1. The van der Waals surface area contributed by atoms with E-state index in [1.165, 1.54) is 0 Å². The maximum absolute atomic E-state index is 11.8. The minimum Gasteiger partial charge on any atom is -0.550 e. The zero-order valence-corrected chi connectivity index (χ0v) is 17.9.